The van der Waals surface area contributed by atoms with Crippen LogP contribution in [0.25, 0.3) is 0 Å². The average molecular weight is 281 g/mol. The lowest BCUT2D eigenvalue weighted by Gasteiger charge is -2.25. The maximum absolute atomic E-state index is 12.1. The van der Waals surface area contributed by atoms with Crippen LogP contribution in [0.1, 0.15) is 24.2 Å². The van der Waals surface area contributed by atoms with Gasteiger partial charge in [-0.25, -0.2) is 4.79 Å². The quantitative estimate of drug-likeness (QED) is 0.787. The minimum atomic E-state index is -1.07. The smallest absolute Gasteiger partial charge is 0.341 e. The number of rotatable bonds is 7. The highest BCUT2D eigenvalue weighted by Crippen LogP contribution is 2.14. The van der Waals surface area contributed by atoms with Crippen molar-refractivity contribution in [2.75, 3.05) is 20.3 Å². The van der Waals surface area contributed by atoms with E-state index in [-0.39, 0.29) is 5.91 Å². The van der Waals surface area contributed by atoms with Gasteiger partial charge in [0.1, 0.15) is 5.75 Å². The molecular weight excluding hydrogens is 262 g/mol. The molecule has 0 saturated heterocycles. The molecular formula is C14H19NO5. The summed E-state index contributed by atoms with van der Waals surface area (Å²) in [6, 6.07) is 6.36. The van der Waals surface area contributed by atoms with E-state index in [2.05, 4.69) is 5.32 Å². The predicted octanol–water partition coefficient (Wildman–Crippen LogP) is 1.30. The van der Waals surface area contributed by atoms with Crippen molar-refractivity contribution in [2.24, 2.45) is 0 Å². The van der Waals surface area contributed by atoms with Crippen molar-refractivity contribution < 1.29 is 24.2 Å². The van der Waals surface area contributed by atoms with Gasteiger partial charge in [-0.15, -0.1) is 0 Å². The summed E-state index contributed by atoms with van der Waals surface area (Å²) < 4.78 is 10.1. The molecule has 0 aliphatic carbocycles. The van der Waals surface area contributed by atoms with E-state index in [1.54, 1.807) is 25.3 Å². The molecule has 2 N–H and O–H groups in total. The van der Waals surface area contributed by atoms with E-state index in [1.807, 2.05) is 13.8 Å². The molecule has 0 unspecified atom stereocenters. The highest BCUT2D eigenvalue weighted by atomic mass is 16.5. The van der Waals surface area contributed by atoms with E-state index in [0.717, 1.165) is 0 Å². The number of hydrogen-bond acceptors (Lipinski definition) is 4. The zero-order valence-corrected chi connectivity index (χ0v) is 11.8. The topological polar surface area (TPSA) is 84.9 Å². The Morgan fingerprint density at radius 3 is 2.65 bits per heavy atom. The van der Waals surface area contributed by atoms with Crippen molar-refractivity contribution in [3.63, 3.8) is 0 Å². The van der Waals surface area contributed by atoms with Crippen molar-refractivity contribution in [2.45, 2.75) is 19.4 Å². The number of carboxylic acid groups (broad SMARTS) is 1. The first-order valence-corrected chi connectivity index (χ1v) is 6.10. The monoisotopic (exact) mass is 281 g/mol. The molecule has 110 valence electrons. The molecule has 0 saturated carbocycles. The number of methoxy groups -OCH3 is 1. The van der Waals surface area contributed by atoms with Crippen molar-refractivity contribution in [3.8, 4) is 5.75 Å². The first-order valence-electron chi connectivity index (χ1n) is 6.10. The number of benzene rings is 1. The van der Waals surface area contributed by atoms with Crippen LogP contribution in [0.4, 0.5) is 0 Å². The SMILES string of the molecule is COCC(C)(C)NC(=O)c1cccc(OCC(=O)O)c1. The molecule has 20 heavy (non-hydrogen) atoms. The minimum absolute atomic E-state index is 0.271. The zero-order valence-electron chi connectivity index (χ0n) is 11.8. The number of amides is 1. The van der Waals surface area contributed by atoms with Gasteiger partial charge in [0, 0.05) is 12.7 Å². The summed E-state index contributed by atoms with van der Waals surface area (Å²) in [5.74, 6) is -1.00. The Balaban J connectivity index is 2.73. The summed E-state index contributed by atoms with van der Waals surface area (Å²) >= 11 is 0. The molecule has 0 fully saturated rings. The fourth-order valence-electron chi connectivity index (χ4n) is 1.65. The number of nitrogens with one attached hydrogen (secondary N) is 1. The zero-order chi connectivity index (χ0) is 15.2. The van der Waals surface area contributed by atoms with Gasteiger partial charge >= 0.3 is 5.97 Å². The molecule has 6 heteroatoms. The Morgan fingerprint density at radius 2 is 2.05 bits per heavy atom. The lowest BCUT2D eigenvalue weighted by atomic mass is 10.1. The van der Waals surface area contributed by atoms with Gasteiger partial charge in [0.25, 0.3) is 5.91 Å². The van der Waals surface area contributed by atoms with E-state index in [4.69, 9.17) is 14.6 Å². The van der Waals surface area contributed by atoms with Gasteiger partial charge in [-0.3, -0.25) is 4.79 Å². The highest BCUT2D eigenvalue weighted by molar-refractivity contribution is 5.95. The third kappa shape index (κ3) is 5.27. The van der Waals surface area contributed by atoms with E-state index < -0.39 is 18.1 Å². The van der Waals surface area contributed by atoms with Gasteiger partial charge in [0.15, 0.2) is 6.61 Å². The molecule has 0 aliphatic heterocycles. The van der Waals surface area contributed by atoms with Gasteiger partial charge in [-0.05, 0) is 32.0 Å². The van der Waals surface area contributed by atoms with Crippen molar-refractivity contribution in [1.82, 2.24) is 5.32 Å². The number of aliphatic carboxylic acids is 1. The fourth-order valence-corrected chi connectivity index (χ4v) is 1.65. The average Bonchev–Trinajstić information content (AvgIpc) is 2.36. The molecule has 1 rings (SSSR count). The Kier molecular flexibility index (Phi) is 5.52. The Labute approximate surface area is 117 Å². The summed E-state index contributed by atoms with van der Waals surface area (Å²) in [5.41, 5.74) is -0.0962. The van der Waals surface area contributed by atoms with Crippen LogP contribution in [-0.2, 0) is 9.53 Å². The van der Waals surface area contributed by atoms with Gasteiger partial charge in [-0.1, -0.05) is 6.07 Å². The van der Waals surface area contributed by atoms with Crippen LogP contribution >= 0.6 is 0 Å². The van der Waals surface area contributed by atoms with Crippen molar-refractivity contribution in [3.05, 3.63) is 29.8 Å². The molecule has 0 aromatic heterocycles. The van der Waals surface area contributed by atoms with Crippen LogP contribution in [0.15, 0.2) is 24.3 Å². The number of carbonyl (C=O) groups is 2. The number of ether oxygens (including phenoxy) is 2. The molecule has 0 spiro atoms. The third-order valence-electron chi connectivity index (χ3n) is 2.42. The Morgan fingerprint density at radius 1 is 1.35 bits per heavy atom. The van der Waals surface area contributed by atoms with Crippen LogP contribution in [0.3, 0.4) is 0 Å². The number of carboxylic acids is 1. The maximum Gasteiger partial charge on any atom is 0.341 e. The van der Waals surface area contributed by atoms with Gasteiger partial charge < -0.3 is 19.9 Å². The van der Waals surface area contributed by atoms with E-state index in [0.29, 0.717) is 17.9 Å². The van der Waals surface area contributed by atoms with E-state index in [1.165, 1.54) is 6.07 Å². The standard InChI is InChI=1S/C14H19NO5/c1-14(2,9-19-3)15-13(18)10-5-4-6-11(7-10)20-8-12(16)17/h4-7H,8-9H2,1-3H3,(H,15,18)(H,16,17). The van der Waals surface area contributed by atoms with Gasteiger partial charge in [0.2, 0.25) is 0 Å². The van der Waals surface area contributed by atoms with Crippen LogP contribution < -0.4 is 10.1 Å². The van der Waals surface area contributed by atoms with E-state index >= 15 is 0 Å². The molecule has 0 atom stereocenters. The van der Waals surface area contributed by atoms with E-state index in [9.17, 15) is 9.59 Å². The second kappa shape index (κ2) is 6.91. The summed E-state index contributed by atoms with van der Waals surface area (Å²) in [5, 5.41) is 11.4. The summed E-state index contributed by atoms with van der Waals surface area (Å²) in [7, 11) is 1.56. The fraction of sp³-hybridized carbons (Fsp3) is 0.429. The van der Waals surface area contributed by atoms with Gasteiger partial charge in [-0.2, -0.15) is 0 Å². The molecule has 1 amide bonds. The van der Waals surface area contributed by atoms with Crippen LogP contribution in [-0.4, -0.2) is 42.8 Å². The molecule has 6 nitrogen and oxygen atoms in total. The largest absolute Gasteiger partial charge is 0.482 e. The minimum Gasteiger partial charge on any atom is -0.482 e. The van der Waals surface area contributed by atoms with Crippen LogP contribution in [0.5, 0.6) is 5.75 Å². The summed E-state index contributed by atoms with van der Waals surface area (Å²) in [4.78, 5) is 22.5. The third-order valence-corrected chi connectivity index (χ3v) is 2.42. The second-order valence-electron chi connectivity index (χ2n) is 4.98. The Bertz CT molecular complexity index is 484. The first kappa shape index (κ1) is 16.0. The summed E-state index contributed by atoms with van der Waals surface area (Å²) in [6.07, 6.45) is 0. The predicted molar refractivity (Wildman–Crippen MR) is 73.0 cm³/mol. The maximum atomic E-state index is 12.1. The van der Waals surface area contributed by atoms with Crippen molar-refractivity contribution in [1.29, 1.82) is 0 Å². The number of carbonyl (C=O) groups excluding carboxylic acids is 1. The highest BCUT2D eigenvalue weighted by Gasteiger charge is 2.21. The molecule has 0 bridgehead atoms. The second-order valence-corrected chi connectivity index (χ2v) is 4.98. The summed E-state index contributed by atoms with van der Waals surface area (Å²) in [6.45, 7) is 3.63. The van der Waals surface area contributed by atoms with Gasteiger partial charge in [0.05, 0.1) is 12.1 Å². The van der Waals surface area contributed by atoms with Crippen LogP contribution in [0, 0.1) is 0 Å². The lowest BCUT2D eigenvalue weighted by molar-refractivity contribution is -0.139. The molecule has 1 aromatic carbocycles. The van der Waals surface area contributed by atoms with Crippen LogP contribution in [0.2, 0.25) is 0 Å². The normalized spacial score (nSPS) is 10.9. The van der Waals surface area contributed by atoms with Crippen molar-refractivity contribution >= 4 is 11.9 Å². The molecule has 1 aromatic rings. The number of hydrogen-bond donors (Lipinski definition) is 2. The molecule has 0 aliphatic rings. The molecule has 0 heterocycles. The Hall–Kier alpha value is -2.08. The first-order chi connectivity index (χ1) is 9.34. The lowest BCUT2D eigenvalue weighted by Crippen LogP contribution is -2.46. The molecule has 0 radical (unpaired) electrons.